The number of benzene rings is 2. The van der Waals surface area contributed by atoms with Gasteiger partial charge in [-0.15, -0.1) is 22.9 Å². The minimum absolute atomic E-state index is 0.343. The molecule has 3 rings (SSSR count). The number of fused-ring (bicyclic) bond motifs is 1. The van der Waals surface area contributed by atoms with Crippen LogP contribution in [-0.2, 0) is 6.42 Å². The SMILES string of the molecule is Fc1cccc(Cl)c1C(Cl)Cc1nc2ccccc2s1. The van der Waals surface area contributed by atoms with Gasteiger partial charge in [0.15, 0.2) is 0 Å². The molecule has 5 heteroatoms. The smallest absolute Gasteiger partial charge is 0.129 e. The molecule has 1 nitrogen and oxygen atoms in total. The van der Waals surface area contributed by atoms with E-state index in [2.05, 4.69) is 4.98 Å². The predicted octanol–water partition coefficient (Wildman–Crippen LogP) is 5.61. The Morgan fingerprint density at radius 1 is 1.15 bits per heavy atom. The minimum Gasteiger partial charge on any atom is -0.241 e. The van der Waals surface area contributed by atoms with Gasteiger partial charge in [-0.2, -0.15) is 0 Å². The number of hydrogen-bond acceptors (Lipinski definition) is 2. The Morgan fingerprint density at radius 2 is 1.95 bits per heavy atom. The molecule has 0 aliphatic rings. The van der Waals surface area contributed by atoms with Gasteiger partial charge < -0.3 is 0 Å². The Hall–Kier alpha value is -1.16. The molecule has 1 aromatic heterocycles. The zero-order chi connectivity index (χ0) is 14.1. The van der Waals surface area contributed by atoms with Gasteiger partial charge in [-0.05, 0) is 24.3 Å². The fraction of sp³-hybridized carbons (Fsp3) is 0.133. The molecule has 0 amide bonds. The van der Waals surface area contributed by atoms with Crippen LogP contribution in [-0.4, -0.2) is 4.98 Å². The largest absolute Gasteiger partial charge is 0.241 e. The molecule has 2 aromatic carbocycles. The highest BCUT2D eigenvalue weighted by molar-refractivity contribution is 7.18. The molecule has 1 atom stereocenters. The van der Waals surface area contributed by atoms with Crippen molar-refractivity contribution >= 4 is 44.8 Å². The van der Waals surface area contributed by atoms with Gasteiger partial charge in [0.05, 0.1) is 20.6 Å². The van der Waals surface area contributed by atoms with Crippen LogP contribution in [0.5, 0.6) is 0 Å². The van der Waals surface area contributed by atoms with E-state index in [4.69, 9.17) is 23.2 Å². The maximum Gasteiger partial charge on any atom is 0.129 e. The third kappa shape index (κ3) is 2.66. The Bertz CT molecular complexity index is 703. The third-order valence-electron chi connectivity index (χ3n) is 3.00. The summed E-state index contributed by atoms with van der Waals surface area (Å²) >= 11 is 13.9. The molecular formula is C15H10Cl2FNS. The van der Waals surface area contributed by atoms with Crippen molar-refractivity contribution in [2.45, 2.75) is 11.8 Å². The molecule has 0 saturated heterocycles. The quantitative estimate of drug-likeness (QED) is 0.570. The van der Waals surface area contributed by atoms with Crippen molar-refractivity contribution in [2.75, 3.05) is 0 Å². The second-order valence-corrected chi connectivity index (χ2v) is 6.43. The highest BCUT2D eigenvalue weighted by Crippen LogP contribution is 2.34. The molecule has 0 saturated carbocycles. The summed E-state index contributed by atoms with van der Waals surface area (Å²) in [4.78, 5) is 4.51. The molecule has 0 fully saturated rings. The first-order chi connectivity index (χ1) is 9.65. The normalized spacial score (nSPS) is 12.8. The van der Waals surface area contributed by atoms with Crippen LogP contribution in [0.2, 0.25) is 5.02 Å². The van der Waals surface area contributed by atoms with Gasteiger partial charge in [0.25, 0.3) is 0 Å². The lowest BCUT2D eigenvalue weighted by molar-refractivity contribution is 0.606. The van der Waals surface area contributed by atoms with Crippen LogP contribution in [0.25, 0.3) is 10.2 Å². The molecule has 0 aliphatic heterocycles. The van der Waals surface area contributed by atoms with Crippen LogP contribution in [0.1, 0.15) is 15.9 Å². The number of hydrogen-bond donors (Lipinski definition) is 0. The molecule has 1 unspecified atom stereocenters. The number of alkyl halides is 1. The average molecular weight is 326 g/mol. The van der Waals surface area contributed by atoms with E-state index in [0.29, 0.717) is 17.0 Å². The van der Waals surface area contributed by atoms with E-state index in [-0.39, 0.29) is 5.82 Å². The fourth-order valence-corrected chi connectivity index (χ4v) is 3.90. The first kappa shape index (κ1) is 13.8. The number of nitrogens with zero attached hydrogens (tertiary/aromatic N) is 1. The zero-order valence-electron chi connectivity index (χ0n) is 10.3. The lowest BCUT2D eigenvalue weighted by Crippen LogP contribution is -1.99. The number of rotatable bonds is 3. The number of para-hydroxylation sites is 1. The minimum atomic E-state index is -0.524. The molecule has 0 spiro atoms. The van der Waals surface area contributed by atoms with Gasteiger partial charge in [-0.3, -0.25) is 0 Å². The van der Waals surface area contributed by atoms with Crippen molar-refractivity contribution in [2.24, 2.45) is 0 Å². The van der Waals surface area contributed by atoms with E-state index in [1.165, 1.54) is 6.07 Å². The molecule has 20 heavy (non-hydrogen) atoms. The summed E-state index contributed by atoms with van der Waals surface area (Å²) < 4.78 is 14.9. The summed E-state index contributed by atoms with van der Waals surface area (Å²) in [7, 11) is 0. The monoisotopic (exact) mass is 325 g/mol. The summed E-state index contributed by atoms with van der Waals surface area (Å²) in [5.74, 6) is -0.376. The van der Waals surface area contributed by atoms with Crippen molar-refractivity contribution in [3.63, 3.8) is 0 Å². The molecule has 0 N–H and O–H groups in total. The van der Waals surface area contributed by atoms with Crippen LogP contribution in [0, 0.1) is 5.82 Å². The van der Waals surface area contributed by atoms with E-state index in [0.717, 1.165) is 15.2 Å². The molecule has 102 valence electrons. The Labute approximate surface area is 130 Å². The van der Waals surface area contributed by atoms with Crippen molar-refractivity contribution in [3.05, 3.63) is 63.9 Å². The molecule has 0 bridgehead atoms. The summed E-state index contributed by atoms with van der Waals surface area (Å²) in [6.45, 7) is 0. The molecule has 0 aliphatic carbocycles. The van der Waals surface area contributed by atoms with Crippen molar-refractivity contribution < 1.29 is 4.39 Å². The van der Waals surface area contributed by atoms with Gasteiger partial charge in [0.1, 0.15) is 5.82 Å². The van der Waals surface area contributed by atoms with Gasteiger partial charge >= 0.3 is 0 Å². The summed E-state index contributed by atoms with van der Waals surface area (Å²) in [5.41, 5.74) is 1.28. The predicted molar refractivity (Wildman–Crippen MR) is 83.3 cm³/mol. The van der Waals surface area contributed by atoms with E-state index >= 15 is 0 Å². The number of aromatic nitrogens is 1. The van der Waals surface area contributed by atoms with Crippen molar-refractivity contribution in [3.8, 4) is 0 Å². The zero-order valence-corrected chi connectivity index (χ0v) is 12.6. The first-order valence-electron chi connectivity index (χ1n) is 6.07. The first-order valence-corrected chi connectivity index (χ1v) is 7.70. The van der Waals surface area contributed by atoms with Gasteiger partial charge in [0, 0.05) is 17.0 Å². The molecule has 1 heterocycles. The van der Waals surface area contributed by atoms with Gasteiger partial charge in [0.2, 0.25) is 0 Å². The van der Waals surface area contributed by atoms with Crippen LogP contribution in [0.15, 0.2) is 42.5 Å². The highest BCUT2D eigenvalue weighted by atomic mass is 35.5. The third-order valence-corrected chi connectivity index (χ3v) is 4.77. The average Bonchev–Trinajstić information content (AvgIpc) is 2.80. The Kier molecular flexibility index (Phi) is 3.92. The van der Waals surface area contributed by atoms with Crippen molar-refractivity contribution in [1.82, 2.24) is 4.98 Å². The second kappa shape index (κ2) is 5.68. The fourth-order valence-electron chi connectivity index (χ4n) is 2.07. The van der Waals surface area contributed by atoms with E-state index in [1.54, 1.807) is 23.5 Å². The summed E-state index contributed by atoms with van der Waals surface area (Å²) in [6, 6.07) is 12.5. The number of halogens is 3. The van der Waals surface area contributed by atoms with Crippen LogP contribution in [0.4, 0.5) is 4.39 Å². The van der Waals surface area contributed by atoms with Crippen molar-refractivity contribution in [1.29, 1.82) is 0 Å². The second-order valence-electron chi connectivity index (χ2n) is 4.38. The Balaban J connectivity index is 1.90. The Morgan fingerprint density at radius 3 is 2.70 bits per heavy atom. The van der Waals surface area contributed by atoms with Crippen LogP contribution in [0.3, 0.4) is 0 Å². The maximum atomic E-state index is 13.8. The topological polar surface area (TPSA) is 12.9 Å². The van der Waals surface area contributed by atoms with Gasteiger partial charge in [-0.25, -0.2) is 9.37 Å². The summed E-state index contributed by atoms with van der Waals surface area (Å²) in [6.07, 6.45) is 0.460. The van der Waals surface area contributed by atoms with E-state index in [1.807, 2.05) is 24.3 Å². The maximum absolute atomic E-state index is 13.8. The van der Waals surface area contributed by atoms with Crippen LogP contribution < -0.4 is 0 Å². The van der Waals surface area contributed by atoms with E-state index < -0.39 is 5.38 Å². The van der Waals surface area contributed by atoms with Crippen LogP contribution >= 0.6 is 34.5 Å². The van der Waals surface area contributed by atoms with E-state index in [9.17, 15) is 4.39 Å². The summed E-state index contributed by atoms with van der Waals surface area (Å²) in [5, 5.41) is 0.709. The number of thiazole rings is 1. The lowest BCUT2D eigenvalue weighted by atomic mass is 10.1. The molecule has 3 aromatic rings. The lowest BCUT2D eigenvalue weighted by Gasteiger charge is -2.11. The highest BCUT2D eigenvalue weighted by Gasteiger charge is 2.18. The molecule has 0 radical (unpaired) electrons. The standard InChI is InChI=1S/C15H10Cl2FNS/c16-9-4-3-5-11(18)15(9)10(17)8-14-19-12-6-1-2-7-13(12)20-14/h1-7,10H,8H2. The molecular weight excluding hydrogens is 316 g/mol. The van der Waals surface area contributed by atoms with Gasteiger partial charge in [-0.1, -0.05) is 29.8 Å².